The Morgan fingerprint density at radius 1 is 0.833 bits per heavy atom. The summed E-state index contributed by atoms with van der Waals surface area (Å²) in [5, 5.41) is 5.92. The molecule has 2 amide bonds. The number of para-hydroxylation sites is 1. The summed E-state index contributed by atoms with van der Waals surface area (Å²) >= 11 is 0. The largest absolute Gasteiger partial charge is 0.496 e. The van der Waals surface area contributed by atoms with Gasteiger partial charge < -0.3 is 34.3 Å². The van der Waals surface area contributed by atoms with Crippen LogP contribution in [0.1, 0.15) is 48.9 Å². The SMILES string of the molecule is CNC(=O)COc1ccc(COC(=O)[C@H](Cc2cn(C(=O)OC(C)(C)C)c3ccccc23)NC(=O)OCC2c3ccccc3-c3ccccc32)c(OC)c1. The lowest BCUT2D eigenvalue weighted by molar-refractivity contribution is -0.147. The summed E-state index contributed by atoms with van der Waals surface area (Å²) in [5.41, 5.74) is 5.26. The van der Waals surface area contributed by atoms with Gasteiger partial charge in [0.2, 0.25) is 0 Å². The van der Waals surface area contributed by atoms with Crippen molar-refractivity contribution in [3.8, 4) is 22.6 Å². The third-order valence-corrected chi connectivity index (χ3v) is 9.01. The Morgan fingerprint density at radius 3 is 2.17 bits per heavy atom. The molecule has 4 aromatic carbocycles. The Kier molecular flexibility index (Phi) is 11.2. The number of benzene rings is 4. The number of aromatic nitrogens is 1. The minimum absolute atomic E-state index is 0.0251. The normalized spacial score (nSPS) is 12.6. The number of esters is 1. The minimum Gasteiger partial charge on any atom is -0.496 e. The van der Waals surface area contributed by atoms with E-state index in [1.165, 1.54) is 18.7 Å². The Balaban J connectivity index is 1.23. The van der Waals surface area contributed by atoms with E-state index in [0.29, 0.717) is 33.5 Å². The number of likely N-dealkylation sites (N-methyl/N-ethyl adjacent to an activating group) is 1. The first-order chi connectivity index (χ1) is 26.0. The molecular formula is C42H43N3O9. The number of carbonyl (C=O) groups is 4. The number of methoxy groups -OCH3 is 1. The number of carbonyl (C=O) groups excluding carboxylic acids is 4. The summed E-state index contributed by atoms with van der Waals surface area (Å²) in [4.78, 5) is 52.3. The smallest absolute Gasteiger partial charge is 0.419 e. The standard InChI is InChI=1S/C42H43N3O9/c1-42(2,3)54-41(49)45-22-27(29-12-10-11-17-36(29)45)20-35(39(47)52-23-26-18-19-28(21-37(26)50-5)51-25-38(46)43-4)44-40(48)53-24-34-32-15-8-6-13-30(32)31-14-7-9-16-33(31)34/h6-19,21-22,34-35H,20,23-25H2,1-5H3,(H,43,46)(H,44,48)/t35-/m0/s1. The second-order valence-electron chi connectivity index (χ2n) is 13.8. The zero-order chi connectivity index (χ0) is 38.4. The lowest BCUT2D eigenvalue weighted by Gasteiger charge is -2.20. The van der Waals surface area contributed by atoms with Gasteiger partial charge in [0.1, 0.15) is 36.4 Å². The van der Waals surface area contributed by atoms with E-state index in [0.717, 1.165) is 22.3 Å². The predicted octanol–water partition coefficient (Wildman–Crippen LogP) is 6.75. The van der Waals surface area contributed by atoms with Crippen molar-refractivity contribution in [2.45, 2.75) is 51.4 Å². The molecule has 1 aliphatic carbocycles. The molecule has 6 rings (SSSR count). The molecule has 0 radical (unpaired) electrons. The monoisotopic (exact) mass is 733 g/mol. The highest BCUT2D eigenvalue weighted by Gasteiger charge is 2.31. The molecule has 5 aromatic rings. The first-order valence-corrected chi connectivity index (χ1v) is 17.6. The molecule has 0 saturated carbocycles. The molecule has 1 aliphatic rings. The van der Waals surface area contributed by atoms with Crippen molar-refractivity contribution in [1.82, 2.24) is 15.2 Å². The number of hydrogen-bond donors (Lipinski definition) is 2. The molecule has 1 heterocycles. The zero-order valence-electron chi connectivity index (χ0n) is 30.8. The van der Waals surface area contributed by atoms with E-state index < -0.39 is 29.8 Å². The highest BCUT2D eigenvalue weighted by atomic mass is 16.6. The van der Waals surface area contributed by atoms with E-state index in [1.807, 2.05) is 48.5 Å². The Hall–Kier alpha value is -6.30. The molecule has 54 heavy (non-hydrogen) atoms. The number of ether oxygens (including phenoxy) is 5. The van der Waals surface area contributed by atoms with Gasteiger partial charge in [-0.25, -0.2) is 14.4 Å². The highest BCUT2D eigenvalue weighted by Crippen LogP contribution is 2.44. The molecule has 1 atom stereocenters. The van der Waals surface area contributed by atoms with E-state index in [2.05, 4.69) is 22.8 Å². The predicted molar refractivity (Wildman–Crippen MR) is 202 cm³/mol. The Labute approximate surface area is 313 Å². The van der Waals surface area contributed by atoms with E-state index in [9.17, 15) is 19.2 Å². The fourth-order valence-electron chi connectivity index (χ4n) is 6.47. The number of rotatable bonds is 12. The van der Waals surface area contributed by atoms with Crippen LogP contribution in [0.15, 0.2) is 97.2 Å². The van der Waals surface area contributed by atoms with Crippen molar-refractivity contribution in [2.75, 3.05) is 27.4 Å². The maximum absolute atomic E-state index is 13.9. The number of nitrogens with zero attached hydrogens (tertiary/aromatic N) is 1. The Morgan fingerprint density at radius 2 is 1.50 bits per heavy atom. The van der Waals surface area contributed by atoms with Crippen molar-refractivity contribution in [2.24, 2.45) is 0 Å². The fraction of sp³-hybridized carbons (Fsp3) is 0.286. The summed E-state index contributed by atoms with van der Waals surface area (Å²) in [6.07, 6.45) is 0.204. The lowest BCUT2D eigenvalue weighted by Crippen LogP contribution is -2.43. The van der Waals surface area contributed by atoms with Crippen LogP contribution in [0.5, 0.6) is 11.5 Å². The number of amides is 2. The van der Waals surface area contributed by atoms with E-state index >= 15 is 0 Å². The van der Waals surface area contributed by atoms with Crippen LogP contribution in [0.4, 0.5) is 9.59 Å². The van der Waals surface area contributed by atoms with Crippen LogP contribution in [-0.2, 0) is 36.8 Å². The van der Waals surface area contributed by atoms with Gasteiger partial charge in [0, 0.05) is 42.6 Å². The topological polar surface area (TPSA) is 143 Å². The number of fused-ring (bicyclic) bond motifs is 4. The van der Waals surface area contributed by atoms with E-state index in [1.54, 1.807) is 57.3 Å². The summed E-state index contributed by atoms with van der Waals surface area (Å²) < 4.78 is 29.6. The average Bonchev–Trinajstić information content (AvgIpc) is 3.70. The summed E-state index contributed by atoms with van der Waals surface area (Å²) in [7, 11) is 2.98. The average molecular weight is 734 g/mol. The van der Waals surface area contributed by atoms with Crippen LogP contribution in [0.3, 0.4) is 0 Å². The maximum atomic E-state index is 13.9. The molecule has 0 saturated heterocycles. The third-order valence-electron chi connectivity index (χ3n) is 9.01. The van der Waals surface area contributed by atoms with Crippen molar-refractivity contribution < 1.29 is 42.9 Å². The molecule has 0 bridgehead atoms. The Bertz CT molecular complexity index is 2140. The van der Waals surface area contributed by atoms with Crippen LogP contribution in [0.2, 0.25) is 0 Å². The molecule has 12 heteroatoms. The summed E-state index contributed by atoms with van der Waals surface area (Å²) in [6, 6.07) is 26.9. The molecule has 0 fully saturated rings. The van der Waals surface area contributed by atoms with Gasteiger partial charge in [-0.2, -0.15) is 0 Å². The third kappa shape index (κ3) is 8.49. The molecule has 12 nitrogen and oxygen atoms in total. The molecule has 280 valence electrons. The van der Waals surface area contributed by atoms with Gasteiger partial charge in [0.15, 0.2) is 6.61 Å². The van der Waals surface area contributed by atoms with Crippen LogP contribution in [0, 0.1) is 0 Å². The van der Waals surface area contributed by atoms with Gasteiger partial charge in [-0.05, 0) is 66.8 Å². The number of hydrogen-bond acceptors (Lipinski definition) is 9. The maximum Gasteiger partial charge on any atom is 0.419 e. The van der Waals surface area contributed by atoms with E-state index in [-0.39, 0.29) is 38.1 Å². The first kappa shape index (κ1) is 37.5. The summed E-state index contributed by atoms with van der Waals surface area (Å²) in [5.74, 6) is -0.452. The molecular weight excluding hydrogens is 690 g/mol. The van der Waals surface area contributed by atoms with Gasteiger partial charge >= 0.3 is 18.2 Å². The second kappa shape index (κ2) is 16.2. The van der Waals surface area contributed by atoms with Gasteiger partial charge in [-0.15, -0.1) is 0 Å². The van der Waals surface area contributed by atoms with Crippen LogP contribution in [0.25, 0.3) is 22.0 Å². The summed E-state index contributed by atoms with van der Waals surface area (Å²) in [6.45, 7) is 5.01. The lowest BCUT2D eigenvalue weighted by atomic mass is 9.98. The van der Waals surface area contributed by atoms with Gasteiger partial charge in [-0.1, -0.05) is 66.7 Å². The van der Waals surface area contributed by atoms with Gasteiger partial charge in [-0.3, -0.25) is 9.36 Å². The molecule has 0 unspecified atom stereocenters. The van der Waals surface area contributed by atoms with Crippen LogP contribution in [-0.4, -0.2) is 67.6 Å². The van der Waals surface area contributed by atoms with Crippen molar-refractivity contribution >= 4 is 35.0 Å². The zero-order valence-corrected chi connectivity index (χ0v) is 30.8. The fourth-order valence-corrected chi connectivity index (χ4v) is 6.47. The number of alkyl carbamates (subject to hydrolysis) is 1. The first-order valence-electron chi connectivity index (χ1n) is 17.6. The minimum atomic E-state index is -1.21. The van der Waals surface area contributed by atoms with E-state index in [4.69, 9.17) is 23.7 Å². The molecule has 2 N–H and O–H groups in total. The highest BCUT2D eigenvalue weighted by molar-refractivity contribution is 5.93. The van der Waals surface area contributed by atoms with Gasteiger partial charge in [0.05, 0.1) is 12.6 Å². The van der Waals surface area contributed by atoms with Crippen LogP contribution < -0.4 is 20.1 Å². The second-order valence-corrected chi connectivity index (χ2v) is 13.8. The molecule has 0 aliphatic heterocycles. The van der Waals surface area contributed by atoms with Crippen LogP contribution >= 0.6 is 0 Å². The van der Waals surface area contributed by atoms with Crippen molar-refractivity contribution in [1.29, 1.82) is 0 Å². The molecule has 1 aromatic heterocycles. The molecule has 0 spiro atoms. The van der Waals surface area contributed by atoms with Gasteiger partial charge in [0.25, 0.3) is 5.91 Å². The number of nitrogens with one attached hydrogen (secondary N) is 2. The van der Waals surface area contributed by atoms with Crippen molar-refractivity contribution in [3.63, 3.8) is 0 Å². The van der Waals surface area contributed by atoms with Crippen molar-refractivity contribution in [3.05, 3.63) is 119 Å². The quantitative estimate of drug-likeness (QED) is 0.105.